The molecule has 0 saturated carbocycles. The maximum atomic E-state index is 12.5. The first-order valence-electron chi connectivity index (χ1n) is 7.19. The molecule has 0 aliphatic carbocycles. The summed E-state index contributed by atoms with van der Waals surface area (Å²) in [5, 5.41) is 2.77. The lowest BCUT2D eigenvalue weighted by Gasteiger charge is -2.04. The van der Waals surface area contributed by atoms with Gasteiger partial charge in [-0.1, -0.05) is 13.8 Å². The first-order chi connectivity index (χ1) is 10.5. The lowest BCUT2D eigenvalue weighted by molar-refractivity contribution is 0.750. The first-order valence-corrected chi connectivity index (χ1v) is 10.0. The van der Waals surface area contributed by atoms with E-state index in [0.29, 0.717) is 5.92 Å². The normalized spacial score (nSPS) is 11.6. The Morgan fingerprint density at radius 1 is 1.36 bits per heavy atom. The Bertz CT molecular complexity index is 845. The van der Waals surface area contributed by atoms with Crippen LogP contribution in [-0.4, -0.2) is 15.7 Å². The van der Waals surface area contributed by atoms with Gasteiger partial charge in [0.2, 0.25) is 0 Å². The highest BCUT2D eigenvalue weighted by molar-refractivity contribution is 7.98. The number of nitrogens with zero attached hydrogens (tertiary/aromatic N) is 1. The summed E-state index contributed by atoms with van der Waals surface area (Å²) in [6, 6.07) is 4.16. The highest BCUT2D eigenvalue weighted by atomic mass is 32.2. The van der Waals surface area contributed by atoms with Crippen LogP contribution in [0.4, 0.5) is 0 Å². The lowest BCUT2D eigenvalue weighted by atomic mass is 10.2. The number of hydrogen-bond donors (Lipinski definition) is 1. The van der Waals surface area contributed by atoms with Crippen LogP contribution < -0.4 is 5.56 Å². The average Bonchev–Trinajstić information content (AvgIpc) is 3.04. The molecular formula is C16H18N2OS3. The van der Waals surface area contributed by atoms with Crippen LogP contribution in [0.3, 0.4) is 0 Å². The number of thiophene rings is 2. The van der Waals surface area contributed by atoms with Crippen molar-refractivity contribution in [3.63, 3.8) is 0 Å². The van der Waals surface area contributed by atoms with Crippen molar-refractivity contribution in [3.8, 4) is 10.4 Å². The third-order valence-electron chi connectivity index (χ3n) is 3.19. The van der Waals surface area contributed by atoms with Gasteiger partial charge in [0.15, 0.2) is 0 Å². The van der Waals surface area contributed by atoms with E-state index < -0.39 is 0 Å². The van der Waals surface area contributed by atoms with Crippen LogP contribution in [0, 0.1) is 12.8 Å². The standard InChI is InChI=1S/C16H18N2OS3/c1-9(2)6-20-8-13-17-15(19)14-11(7-21-16(14)18-13)12-5-4-10(3)22-12/h4-5,7,9H,6,8H2,1-3H3,(H,17,18,19). The van der Waals surface area contributed by atoms with Gasteiger partial charge >= 0.3 is 0 Å². The molecule has 0 aromatic carbocycles. The molecule has 6 heteroatoms. The number of aryl methyl sites for hydroxylation is 1. The van der Waals surface area contributed by atoms with Crippen LogP contribution >= 0.6 is 34.4 Å². The Kier molecular flexibility index (Phi) is 4.70. The Labute approximate surface area is 141 Å². The molecule has 1 N–H and O–H groups in total. The van der Waals surface area contributed by atoms with Crippen molar-refractivity contribution in [2.75, 3.05) is 5.75 Å². The van der Waals surface area contributed by atoms with Gasteiger partial charge in [-0.05, 0) is 30.7 Å². The fourth-order valence-electron chi connectivity index (χ4n) is 2.21. The highest BCUT2D eigenvalue weighted by Crippen LogP contribution is 2.35. The van der Waals surface area contributed by atoms with Crippen LogP contribution in [-0.2, 0) is 5.75 Å². The van der Waals surface area contributed by atoms with E-state index in [9.17, 15) is 4.79 Å². The van der Waals surface area contributed by atoms with Gasteiger partial charge in [0, 0.05) is 20.7 Å². The van der Waals surface area contributed by atoms with Crippen LogP contribution in [0.25, 0.3) is 20.7 Å². The summed E-state index contributed by atoms with van der Waals surface area (Å²) in [5.41, 5.74) is 0.987. The van der Waals surface area contributed by atoms with Crippen molar-refractivity contribution in [2.24, 2.45) is 5.92 Å². The van der Waals surface area contributed by atoms with Crippen molar-refractivity contribution in [2.45, 2.75) is 26.5 Å². The van der Waals surface area contributed by atoms with Gasteiger partial charge < -0.3 is 4.98 Å². The minimum Gasteiger partial charge on any atom is -0.309 e. The van der Waals surface area contributed by atoms with Gasteiger partial charge in [0.25, 0.3) is 5.56 Å². The van der Waals surface area contributed by atoms with Crippen LogP contribution in [0.1, 0.15) is 24.5 Å². The molecule has 0 fully saturated rings. The third-order valence-corrected chi connectivity index (χ3v) is 6.47. The summed E-state index contributed by atoms with van der Waals surface area (Å²) in [7, 11) is 0. The summed E-state index contributed by atoms with van der Waals surface area (Å²) in [5.74, 6) is 3.26. The fraction of sp³-hybridized carbons (Fsp3) is 0.375. The van der Waals surface area contributed by atoms with E-state index in [0.717, 1.165) is 38.0 Å². The summed E-state index contributed by atoms with van der Waals surface area (Å²) >= 11 is 5.08. The largest absolute Gasteiger partial charge is 0.309 e. The molecule has 116 valence electrons. The molecule has 0 aliphatic rings. The van der Waals surface area contributed by atoms with Gasteiger partial charge in [-0.2, -0.15) is 11.8 Å². The van der Waals surface area contributed by atoms with Gasteiger partial charge in [0.1, 0.15) is 10.7 Å². The van der Waals surface area contributed by atoms with E-state index in [1.807, 2.05) is 17.1 Å². The molecule has 0 spiro atoms. The summed E-state index contributed by atoms with van der Waals surface area (Å²) < 4.78 is 0. The number of rotatable bonds is 5. The van der Waals surface area contributed by atoms with E-state index in [4.69, 9.17) is 0 Å². The van der Waals surface area contributed by atoms with Gasteiger partial charge in [-0.25, -0.2) is 4.98 Å². The third kappa shape index (κ3) is 3.29. The molecule has 0 atom stereocenters. The highest BCUT2D eigenvalue weighted by Gasteiger charge is 2.14. The topological polar surface area (TPSA) is 45.8 Å². The molecule has 3 aromatic rings. The molecule has 3 heterocycles. The van der Waals surface area contributed by atoms with Gasteiger partial charge in [-0.3, -0.25) is 4.79 Å². The minimum absolute atomic E-state index is 0.0209. The Morgan fingerprint density at radius 2 is 2.18 bits per heavy atom. The Morgan fingerprint density at radius 3 is 2.86 bits per heavy atom. The monoisotopic (exact) mass is 350 g/mol. The van der Waals surface area contributed by atoms with Gasteiger partial charge in [-0.15, -0.1) is 22.7 Å². The summed E-state index contributed by atoms with van der Waals surface area (Å²) in [6.07, 6.45) is 0. The minimum atomic E-state index is -0.0209. The van der Waals surface area contributed by atoms with E-state index in [1.165, 1.54) is 4.88 Å². The molecule has 3 nitrogen and oxygen atoms in total. The van der Waals surface area contributed by atoms with Crippen molar-refractivity contribution in [1.29, 1.82) is 0 Å². The van der Waals surface area contributed by atoms with Crippen LogP contribution in [0.5, 0.6) is 0 Å². The smallest absolute Gasteiger partial charge is 0.260 e. The number of hydrogen-bond acceptors (Lipinski definition) is 5. The number of thioether (sulfide) groups is 1. The molecule has 0 amide bonds. The molecule has 3 aromatic heterocycles. The predicted octanol–water partition coefficient (Wildman–Crippen LogP) is 4.91. The second-order valence-corrected chi connectivity index (χ2v) is 8.84. The fourth-order valence-corrected chi connectivity index (χ4v) is 5.06. The van der Waals surface area contributed by atoms with E-state index in [1.54, 1.807) is 22.7 Å². The Balaban J connectivity index is 1.94. The molecule has 0 saturated heterocycles. The SMILES string of the molecule is Cc1ccc(-c2csc3nc(CSCC(C)C)[nH]c(=O)c23)s1. The zero-order valence-corrected chi connectivity index (χ0v) is 15.3. The molecule has 0 aliphatic heterocycles. The zero-order valence-electron chi connectivity index (χ0n) is 12.8. The molecule has 0 radical (unpaired) electrons. The molecule has 22 heavy (non-hydrogen) atoms. The summed E-state index contributed by atoms with van der Waals surface area (Å²) in [6.45, 7) is 6.47. The molecular weight excluding hydrogens is 332 g/mol. The Hall–Kier alpha value is -1.11. The number of aromatic nitrogens is 2. The number of nitrogens with one attached hydrogen (secondary N) is 1. The van der Waals surface area contributed by atoms with Crippen molar-refractivity contribution in [1.82, 2.24) is 9.97 Å². The van der Waals surface area contributed by atoms with Crippen LogP contribution in [0.15, 0.2) is 22.3 Å². The maximum Gasteiger partial charge on any atom is 0.260 e. The number of aromatic amines is 1. The zero-order chi connectivity index (χ0) is 15.7. The first kappa shape index (κ1) is 15.8. The van der Waals surface area contributed by atoms with Crippen LogP contribution in [0.2, 0.25) is 0 Å². The van der Waals surface area contributed by atoms with Crippen molar-refractivity contribution in [3.05, 3.63) is 38.6 Å². The maximum absolute atomic E-state index is 12.5. The second kappa shape index (κ2) is 6.56. The second-order valence-electron chi connectivity index (χ2n) is 5.66. The lowest BCUT2D eigenvalue weighted by Crippen LogP contribution is -2.10. The predicted molar refractivity (Wildman–Crippen MR) is 99.3 cm³/mol. The van der Waals surface area contributed by atoms with Crippen molar-refractivity contribution >= 4 is 44.7 Å². The molecule has 3 rings (SSSR count). The van der Waals surface area contributed by atoms with E-state index in [2.05, 4.69) is 42.9 Å². The molecule has 0 bridgehead atoms. The van der Waals surface area contributed by atoms with Crippen molar-refractivity contribution < 1.29 is 0 Å². The van der Waals surface area contributed by atoms with Gasteiger partial charge in [0.05, 0.1) is 11.1 Å². The van der Waals surface area contributed by atoms with E-state index >= 15 is 0 Å². The summed E-state index contributed by atoms with van der Waals surface area (Å²) in [4.78, 5) is 23.3. The number of fused-ring (bicyclic) bond motifs is 1. The van der Waals surface area contributed by atoms with E-state index in [-0.39, 0.29) is 5.56 Å². The molecule has 0 unspecified atom stereocenters. The average molecular weight is 351 g/mol. The quantitative estimate of drug-likeness (QED) is 0.711. The number of H-pyrrole nitrogens is 1.